The monoisotopic (exact) mass is 497 g/mol. The molecule has 0 saturated carbocycles. The zero-order valence-electron chi connectivity index (χ0n) is 17.6. The number of sulfonamides is 1. The molecule has 0 bridgehead atoms. The summed E-state index contributed by atoms with van der Waals surface area (Å²) in [6.45, 7) is 1.33. The number of aromatic amines is 1. The van der Waals surface area contributed by atoms with Crippen LogP contribution in [0.2, 0.25) is 5.02 Å². The van der Waals surface area contributed by atoms with Gasteiger partial charge in [0, 0.05) is 44.1 Å². The lowest BCUT2D eigenvalue weighted by Crippen LogP contribution is -2.49. The molecule has 172 valence electrons. The lowest BCUT2D eigenvalue weighted by Gasteiger charge is -2.34. The Bertz CT molecular complexity index is 1530. The number of nitriles is 1. The molecule has 3 aromatic heterocycles. The van der Waals surface area contributed by atoms with Crippen LogP contribution in [0.5, 0.6) is 0 Å². The highest BCUT2D eigenvalue weighted by atomic mass is 35.5. The molecule has 1 saturated heterocycles. The van der Waals surface area contributed by atoms with Crippen LogP contribution in [0.3, 0.4) is 0 Å². The van der Waals surface area contributed by atoms with E-state index in [9.17, 15) is 18.1 Å². The van der Waals surface area contributed by atoms with Crippen molar-refractivity contribution in [3.8, 4) is 17.3 Å². The van der Waals surface area contributed by atoms with Gasteiger partial charge in [-0.2, -0.15) is 9.57 Å². The minimum Gasteiger partial charge on any atom is -0.354 e. The Balaban J connectivity index is 1.33. The average Bonchev–Trinajstić information content (AvgIpc) is 3.27. The number of halogens is 2. The van der Waals surface area contributed by atoms with Gasteiger partial charge in [0.1, 0.15) is 34.6 Å². The van der Waals surface area contributed by atoms with Gasteiger partial charge < -0.3 is 9.88 Å². The molecule has 1 N–H and O–H groups in total. The number of aromatic nitrogens is 4. The van der Waals surface area contributed by atoms with E-state index in [2.05, 4.69) is 26.0 Å². The van der Waals surface area contributed by atoms with Crippen molar-refractivity contribution in [2.75, 3.05) is 31.1 Å². The molecule has 0 amide bonds. The van der Waals surface area contributed by atoms with E-state index >= 15 is 0 Å². The highest BCUT2D eigenvalue weighted by molar-refractivity contribution is 7.89. The fraction of sp³-hybridized carbons (Fsp3) is 0.182. The largest absolute Gasteiger partial charge is 0.354 e. The summed E-state index contributed by atoms with van der Waals surface area (Å²) in [4.78, 5) is 17.9. The third kappa shape index (κ3) is 3.86. The summed E-state index contributed by atoms with van der Waals surface area (Å²) < 4.78 is 40.6. The van der Waals surface area contributed by atoms with Gasteiger partial charge in [-0.25, -0.2) is 27.8 Å². The first-order valence-electron chi connectivity index (χ1n) is 10.3. The second kappa shape index (κ2) is 8.64. The minimum absolute atomic E-state index is 0.107. The van der Waals surface area contributed by atoms with Crippen LogP contribution in [0, 0.1) is 17.1 Å². The van der Waals surface area contributed by atoms with E-state index in [1.807, 2.05) is 17.0 Å². The van der Waals surface area contributed by atoms with Gasteiger partial charge in [-0.1, -0.05) is 11.6 Å². The van der Waals surface area contributed by atoms with Crippen molar-refractivity contribution in [3.05, 3.63) is 65.5 Å². The SMILES string of the molecule is N#Cc1c[nH]c2ncnc(-c3ccc(N4CCN(S(=O)(=O)c5ccc(F)cc5Cl)CC4)nc3)c12. The lowest BCUT2D eigenvalue weighted by molar-refractivity contribution is 0.384. The fourth-order valence-corrected chi connectivity index (χ4v) is 5.89. The molecule has 0 aliphatic carbocycles. The lowest BCUT2D eigenvalue weighted by atomic mass is 10.1. The van der Waals surface area contributed by atoms with Gasteiger partial charge in [-0.3, -0.25) is 0 Å². The molecule has 12 heteroatoms. The molecular weight excluding hydrogens is 481 g/mol. The normalized spacial score (nSPS) is 14.9. The fourth-order valence-electron chi connectivity index (χ4n) is 3.96. The van der Waals surface area contributed by atoms with E-state index < -0.39 is 15.8 Å². The summed E-state index contributed by atoms with van der Waals surface area (Å²) in [5.41, 5.74) is 2.37. The zero-order valence-corrected chi connectivity index (χ0v) is 19.2. The molecule has 0 radical (unpaired) electrons. The van der Waals surface area contributed by atoms with Crippen LogP contribution in [0.4, 0.5) is 10.2 Å². The van der Waals surface area contributed by atoms with Gasteiger partial charge in [0.05, 0.1) is 21.7 Å². The highest BCUT2D eigenvalue weighted by Gasteiger charge is 2.30. The quantitative estimate of drug-likeness (QED) is 0.460. The number of H-pyrrole nitrogens is 1. The van der Waals surface area contributed by atoms with Gasteiger partial charge in [-0.05, 0) is 30.3 Å². The number of pyridine rings is 1. The Labute approximate surface area is 199 Å². The molecule has 0 spiro atoms. The maximum atomic E-state index is 13.3. The molecular formula is C22H17ClFN7O2S. The predicted octanol–water partition coefficient (Wildman–Crippen LogP) is 3.19. The minimum atomic E-state index is -3.84. The number of benzene rings is 1. The smallest absolute Gasteiger partial charge is 0.244 e. The van der Waals surface area contributed by atoms with Crippen molar-refractivity contribution >= 4 is 38.5 Å². The van der Waals surface area contributed by atoms with E-state index in [4.69, 9.17) is 11.6 Å². The van der Waals surface area contributed by atoms with E-state index in [1.54, 1.807) is 12.4 Å². The molecule has 1 aliphatic rings. The first-order valence-corrected chi connectivity index (χ1v) is 12.1. The summed E-state index contributed by atoms with van der Waals surface area (Å²) in [5.74, 6) is 0.104. The van der Waals surface area contributed by atoms with Crippen LogP contribution in [0.25, 0.3) is 22.3 Å². The van der Waals surface area contributed by atoms with E-state index in [0.717, 1.165) is 17.7 Å². The van der Waals surface area contributed by atoms with Crippen molar-refractivity contribution in [2.24, 2.45) is 0 Å². The van der Waals surface area contributed by atoms with Crippen molar-refractivity contribution in [2.45, 2.75) is 4.90 Å². The molecule has 34 heavy (non-hydrogen) atoms. The average molecular weight is 498 g/mol. The van der Waals surface area contributed by atoms with Gasteiger partial charge in [-0.15, -0.1) is 0 Å². The number of hydrogen-bond acceptors (Lipinski definition) is 7. The second-order valence-corrected chi connectivity index (χ2v) is 9.94. The number of nitrogens with zero attached hydrogens (tertiary/aromatic N) is 6. The molecule has 1 fully saturated rings. The summed E-state index contributed by atoms with van der Waals surface area (Å²) in [5, 5.41) is 9.87. The van der Waals surface area contributed by atoms with Crippen molar-refractivity contribution in [1.82, 2.24) is 24.2 Å². The molecule has 0 atom stereocenters. The third-order valence-corrected chi connectivity index (χ3v) is 8.07. The second-order valence-electron chi connectivity index (χ2n) is 7.63. The Morgan fingerprint density at radius 3 is 2.56 bits per heavy atom. The molecule has 4 heterocycles. The maximum Gasteiger partial charge on any atom is 0.244 e. The number of hydrogen-bond donors (Lipinski definition) is 1. The maximum absolute atomic E-state index is 13.3. The van der Waals surface area contributed by atoms with Gasteiger partial charge >= 0.3 is 0 Å². The van der Waals surface area contributed by atoms with Crippen LogP contribution in [0.1, 0.15) is 5.56 Å². The molecule has 0 unspecified atom stereocenters. The zero-order chi connectivity index (χ0) is 23.9. The van der Waals surface area contributed by atoms with Crippen LogP contribution in [-0.4, -0.2) is 58.8 Å². The van der Waals surface area contributed by atoms with Gasteiger partial charge in [0.25, 0.3) is 0 Å². The number of nitrogens with one attached hydrogen (secondary N) is 1. The van der Waals surface area contributed by atoms with Crippen LogP contribution < -0.4 is 4.90 Å². The van der Waals surface area contributed by atoms with Gasteiger partial charge in [0.15, 0.2) is 0 Å². The first-order chi connectivity index (χ1) is 16.4. The summed E-state index contributed by atoms with van der Waals surface area (Å²) in [6.07, 6.45) is 4.69. The van der Waals surface area contributed by atoms with Crippen molar-refractivity contribution in [1.29, 1.82) is 5.26 Å². The summed E-state index contributed by atoms with van der Waals surface area (Å²) in [6, 6.07) is 9.10. The van der Waals surface area contributed by atoms with E-state index in [-0.39, 0.29) is 23.0 Å². The van der Waals surface area contributed by atoms with Crippen LogP contribution >= 0.6 is 11.6 Å². The van der Waals surface area contributed by atoms with E-state index in [0.29, 0.717) is 41.2 Å². The van der Waals surface area contributed by atoms with Crippen molar-refractivity contribution in [3.63, 3.8) is 0 Å². The van der Waals surface area contributed by atoms with Gasteiger partial charge in [0.2, 0.25) is 10.0 Å². The number of piperazine rings is 1. The summed E-state index contributed by atoms with van der Waals surface area (Å²) >= 11 is 5.98. The number of anilines is 1. The molecule has 1 aliphatic heterocycles. The topological polar surface area (TPSA) is 119 Å². The Morgan fingerprint density at radius 1 is 1.09 bits per heavy atom. The molecule has 4 aromatic rings. The highest BCUT2D eigenvalue weighted by Crippen LogP contribution is 2.29. The third-order valence-electron chi connectivity index (χ3n) is 5.69. The molecule has 9 nitrogen and oxygen atoms in total. The van der Waals surface area contributed by atoms with Crippen LogP contribution in [0.15, 0.2) is 53.9 Å². The van der Waals surface area contributed by atoms with Crippen LogP contribution in [-0.2, 0) is 10.0 Å². The Kier molecular flexibility index (Phi) is 5.65. The number of fused-ring (bicyclic) bond motifs is 1. The predicted molar refractivity (Wildman–Crippen MR) is 124 cm³/mol. The van der Waals surface area contributed by atoms with Crippen molar-refractivity contribution < 1.29 is 12.8 Å². The number of rotatable bonds is 4. The van der Waals surface area contributed by atoms with E-state index in [1.165, 1.54) is 16.7 Å². The molecule has 1 aromatic carbocycles. The Morgan fingerprint density at radius 2 is 1.88 bits per heavy atom. The standard InChI is InChI=1S/C22H17ClFN7O2S/c23-17-9-16(24)2-3-18(17)34(32,33)31-7-5-30(6-8-31)19-4-1-14(11-26-19)21-20-15(10-25)12-27-22(20)29-13-28-21/h1-4,9,11-13H,5-8H2,(H,27,28,29). The Hall–Kier alpha value is -3.59. The summed E-state index contributed by atoms with van der Waals surface area (Å²) in [7, 11) is -3.84. The first kappa shape index (κ1) is 22.2. The molecule has 5 rings (SSSR count).